The minimum absolute atomic E-state index is 0.0947. The Labute approximate surface area is 110 Å². The first-order chi connectivity index (χ1) is 8.79. The van der Waals surface area contributed by atoms with Gasteiger partial charge in [0.25, 0.3) is 0 Å². The minimum atomic E-state index is -4.47. The molecule has 0 amide bonds. The fraction of sp³-hybridized carbons (Fsp3) is 0.357. The monoisotopic (exact) mass is 270 g/mol. The standard InChI is InChI=1S/C11H9F3N2.C3H8/c1-6-2-3-7-8(15)5-10(11(12,13)14)16-9(7)4-6;1-3-2/h2-5H,1H3,(H2,15,16);3H2,1-2H3. The van der Waals surface area contributed by atoms with E-state index in [4.69, 9.17) is 5.73 Å². The summed E-state index contributed by atoms with van der Waals surface area (Å²) in [5, 5.41) is 0.540. The molecule has 0 aliphatic carbocycles. The van der Waals surface area contributed by atoms with E-state index in [1.54, 1.807) is 25.1 Å². The van der Waals surface area contributed by atoms with Gasteiger partial charge in [0.2, 0.25) is 0 Å². The number of benzene rings is 1. The maximum Gasteiger partial charge on any atom is 0.433 e. The van der Waals surface area contributed by atoms with Crippen LogP contribution in [0.3, 0.4) is 0 Å². The number of hydrogen-bond donors (Lipinski definition) is 1. The van der Waals surface area contributed by atoms with E-state index >= 15 is 0 Å². The fourth-order valence-electron chi connectivity index (χ4n) is 1.51. The van der Waals surface area contributed by atoms with Gasteiger partial charge in [-0.2, -0.15) is 13.2 Å². The van der Waals surface area contributed by atoms with Crippen LogP contribution < -0.4 is 5.73 Å². The van der Waals surface area contributed by atoms with Gasteiger partial charge in [0.05, 0.1) is 5.52 Å². The van der Waals surface area contributed by atoms with Crippen LogP contribution in [-0.2, 0) is 6.18 Å². The third-order valence-electron chi connectivity index (χ3n) is 2.29. The highest BCUT2D eigenvalue weighted by atomic mass is 19.4. The zero-order chi connectivity index (χ0) is 14.6. The van der Waals surface area contributed by atoms with Crippen LogP contribution in [0.4, 0.5) is 18.9 Å². The first kappa shape index (κ1) is 15.3. The number of aryl methyl sites for hydroxylation is 1. The summed E-state index contributed by atoms with van der Waals surface area (Å²) in [5.41, 5.74) is 5.82. The Balaban J connectivity index is 0.000000550. The van der Waals surface area contributed by atoms with Crippen molar-refractivity contribution in [2.45, 2.75) is 33.4 Å². The number of rotatable bonds is 0. The van der Waals surface area contributed by atoms with E-state index in [0.717, 1.165) is 11.6 Å². The van der Waals surface area contributed by atoms with Crippen LogP contribution in [0.1, 0.15) is 31.5 Å². The number of hydrogen-bond acceptors (Lipinski definition) is 2. The van der Waals surface area contributed by atoms with Gasteiger partial charge < -0.3 is 5.73 Å². The van der Waals surface area contributed by atoms with Crippen LogP contribution in [0.15, 0.2) is 24.3 Å². The number of anilines is 1. The van der Waals surface area contributed by atoms with Crippen LogP contribution in [0, 0.1) is 6.92 Å². The van der Waals surface area contributed by atoms with Gasteiger partial charge >= 0.3 is 6.18 Å². The number of pyridine rings is 1. The maximum atomic E-state index is 12.5. The summed E-state index contributed by atoms with van der Waals surface area (Å²) in [4.78, 5) is 3.56. The second-order valence-corrected chi connectivity index (χ2v) is 4.32. The molecule has 0 atom stereocenters. The smallest absolute Gasteiger partial charge is 0.398 e. The summed E-state index contributed by atoms with van der Waals surface area (Å²) < 4.78 is 37.4. The Morgan fingerprint density at radius 1 is 1.16 bits per heavy atom. The summed E-state index contributed by atoms with van der Waals surface area (Å²) in [7, 11) is 0. The Morgan fingerprint density at radius 3 is 2.26 bits per heavy atom. The predicted molar refractivity (Wildman–Crippen MR) is 71.9 cm³/mol. The number of nitrogens with zero attached hydrogens (tertiary/aromatic N) is 1. The predicted octanol–water partition coefficient (Wildman–Crippen LogP) is 4.56. The number of nitrogen functional groups attached to an aromatic ring is 1. The summed E-state index contributed by atoms with van der Waals surface area (Å²) in [6.45, 7) is 6.04. The zero-order valence-electron chi connectivity index (χ0n) is 11.2. The Kier molecular flexibility index (Phi) is 4.75. The summed E-state index contributed by atoms with van der Waals surface area (Å²) in [5.74, 6) is 0. The summed E-state index contributed by atoms with van der Waals surface area (Å²) in [6.07, 6.45) is -3.22. The molecular weight excluding hydrogens is 253 g/mol. The van der Waals surface area contributed by atoms with Gasteiger partial charge in [0, 0.05) is 11.1 Å². The lowest BCUT2D eigenvalue weighted by Gasteiger charge is -2.09. The highest BCUT2D eigenvalue weighted by Gasteiger charge is 2.33. The first-order valence-electron chi connectivity index (χ1n) is 6.03. The lowest BCUT2D eigenvalue weighted by Crippen LogP contribution is -2.09. The lowest BCUT2D eigenvalue weighted by molar-refractivity contribution is -0.140. The quantitative estimate of drug-likeness (QED) is 0.762. The van der Waals surface area contributed by atoms with Gasteiger partial charge in [-0.15, -0.1) is 0 Å². The van der Waals surface area contributed by atoms with Crippen LogP contribution in [0.5, 0.6) is 0 Å². The number of aromatic nitrogens is 1. The van der Waals surface area contributed by atoms with E-state index in [2.05, 4.69) is 18.8 Å². The molecule has 19 heavy (non-hydrogen) atoms. The second-order valence-electron chi connectivity index (χ2n) is 4.32. The summed E-state index contributed by atoms with van der Waals surface area (Å²) >= 11 is 0. The normalized spacial score (nSPS) is 11.1. The van der Waals surface area contributed by atoms with Crippen molar-refractivity contribution in [3.8, 4) is 0 Å². The maximum absolute atomic E-state index is 12.5. The average molecular weight is 270 g/mol. The molecule has 0 saturated carbocycles. The molecule has 0 saturated heterocycles. The van der Waals surface area contributed by atoms with Crippen molar-refractivity contribution in [3.63, 3.8) is 0 Å². The first-order valence-corrected chi connectivity index (χ1v) is 6.03. The largest absolute Gasteiger partial charge is 0.433 e. The van der Waals surface area contributed by atoms with Gasteiger partial charge in [0.15, 0.2) is 0 Å². The molecule has 0 bridgehead atoms. The third-order valence-corrected chi connectivity index (χ3v) is 2.29. The molecule has 1 heterocycles. The van der Waals surface area contributed by atoms with E-state index < -0.39 is 11.9 Å². The molecular formula is C14H17F3N2. The van der Waals surface area contributed by atoms with E-state index in [1.165, 1.54) is 6.42 Å². The van der Waals surface area contributed by atoms with Gasteiger partial charge in [-0.3, -0.25) is 0 Å². The van der Waals surface area contributed by atoms with Crippen molar-refractivity contribution in [2.75, 3.05) is 5.73 Å². The second kappa shape index (κ2) is 5.91. The Hall–Kier alpha value is -1.78. The van der Waals surface area contributed by atoms with E-state index in [1.807, 2.05) is 0 Å². The molecule has 1 aromatic heterocycles. The van der Waals surface area contributed by atoms with Crippen molar-refractivity contribution < 1.29 is 13.2 Å². The molecule has 104 valence electrons. The van der Waals surface area contributed by atoms with Crippen LogP contribution in [0.2, 0.25) is 0 Å². The Morgan fingerprint density at radius 2 is 1.74 bits per heavy atom. The van der Waals surface area contributed by atoms with E-state index in [-0.39, 0.29) is 11.2 Å². The molecule has 5 heteroatoms. The molecule has 0 spiro atoms. The third kappa shape index (κ3) is 3.84. The van der Waals surface area contributed by atoms with Crippen molar-refractivity contribution in [1.82, 2.24) is 4.98 Å². The zero-order valence-corrected chi connectivity index (χ0v) is 11.2. The van der Waals surface area contributed by atoms with Crippen LogP contribution in [-0.4, -0.2) is 4.98 Å². The van der Waals surface area contributed by atoms with Crippen LogP contribution >= 0.6 is 0 Å². The minimum Gasteiger partial charge on any atom is -0.398 e. The molecule has 1 aromatic carbocycles. The number of nitrogens with two attached hydrogens (primary N) is 1. The van der Waals surface area contributed by atoms with E-state index in [0.29, 0.717) is 5.39 Å². The molecule has 0 radical (unpaired) electrons. The SMILES string of the molecule is CCC.Cc1ccc2c(N)cc(C(F)(F)F)nc2c1. The van der Waals surface area contributed by atoms with Gasteiger partial charge in [-0.05, 0) is 24.6 Å². The molecule has 0 aliphatic heterocycles. The molecule has 0 fully saturated rings. The molecule has 2 aromatic rings. The molecule has 0 unspecified atom stereocenters. The number of alkyl halides is 3. The molecule has 0 aliphatic rings. The highest BCUT2D eigenvalue weighted by Crippen LogP contribution is 2.31. The summed E-state index contributed by atoms with van der Waals surface area (Å²) in [6, 6.07) is 5.90. The topological polar surface area (TPSA) is 38.9 Å². The van der Waals surface area contributed by atoms with Crippen LogP contribution in [0.25, 0.3) is 10.9 Å². The van der Waals surface area contributed by atoms with Gasteiger partial charge in [-0.25, -0.2) is 4.98 Å². The van der Waals surface area contributed by atoms with Gasteiger partial charge in [-0.1, -0.05) is 32.4 Å². The Bertz CT molecular complexity index is 562. The molecule has 2 rings (SSSR count). The number of halogens is 3. The van der Waals surface area contributed by atoms with Crippen molar-refractivity contribution in [3.05, 3.63) is 35.5 Å². The van der Waals surface area contributed by atoms with E-state index in [9.17, 15) is 13.2 Å². The fourth-order valence-corrected chi connectivity index (χ4v) is 1.51. The van der Waals surface area contributed by atoms with Crippen molar-refractivity contribution in [2.24, 2.45) is 0 Å². The van der Waals surface area contributed by atoms with Gasteiger partial charge in [0.1, 0.15) is 5.69 Å². The molecule has 2 N–H and O–H groups in total. The van der Waals surface area contributed by atoms with Crippen molar-refractivity contribution >= 4 is 16.6 Å². The number of fused-ring (bicyclic) bond motifs is 1. The van der Waals surface area contributed by atoms with Crippen molar-refractivity contribution in [1.29, 1.82) is 0 Å². The lowest BCUT2D eigenvalue weighted by atomic mass is 10.1. The highest BCUT2D eigenvalue weighted by molar-refractivity contribution is 5.90. The average Bonchev–Trinajstić information content (AvgIpc) is 2.28. The molecule has 2 nitrogen and oxygen atoms in total.